The SMILES string of the molecule is CCNc1ccc(N2CCN(S(=O)(=O)c3cnc[nH]3)CC2)nn1. The molecule has 0 spiro atoms. The van der Waals surface area contributed by atoms with E-state index in [-0.39, 0.29) is 5.03 Å². The van der Waals surface area contributed by atoms with Crippen molar-refractivity contribution in [3.05, 3.63) is 24.7 Å². The van der Waals surface area contributed by atoms with Crippen molar-refractivity contribution in [2.45, 2.75) is 11.9 Å². The number of H-pyrrole nitrogens is 1. The molecule has 9 nitrogen and oxygen atoms in total. The van der Waals surface area contributed by atoms with Gasteiger partial charge in [-0.3, -0.25) is 0 Å². The topological polar surface area (TPSA) is 107 Å². The summed E-state index contributed by atoms with van der Waals surface area (Å²) in [6, 6.07) is 3.77. The smallest absolute Gasteiger partial charge is 0.260 e. The van der Waals surface area contributed by atoms with Crippen LogP contribution >= 0.6 is 0 Å². The zero-order valence-electron chi connectivity index (χ0n) is 12.8. The van der Waals surface area contributed by atoms with E-state index in [9.17, 15) is 8.42 Å². The van der Waals surface area contributed by atoms with E-state index >= 15 is 0 Å². The average Bonchev–Trinajstić information content (AvgIpc) is 3.11. The Balaban J connectivity index is 1.64. The number of sulfonamides is 1. The summed E-state index contributed by atoms with van der Waals surface area (Å²) in [5.41, 5.74) is 0. The first kappa shape index (κ1) is 15.7. The van der Waals surface area contributed by atoms with Crippen LogP contribution in [0.2, 0.25) is 0 Å². The van der Waals surface area contributed by atoms with Gasteiger partial charge in [-0.25, -0.2) is 13.4 Å². The monoisotopic (exact) mass is 337 g/mol. The van der Waals surface area contributed by atoms with E-state index in [1.807, 2.05) is 24.0 Å². The van der Waals surface area contributed by atoms with Crippen LogP contribution in [-0.2, 0) is 10.0 Å². The predicted molar refractivity (Wildman–Crippen MR) is 85.8 cm³/mol. The Hall–Kier alpha value is -2.20. The van der Waals surface area contributed by atoms with Crippen LogP contribution in [0.15, 0.2) is 29.7 Å². The third-order valence-electron chi connectivity index (χ3n) is 3.66. The first-order valence-electron chi connectivity index (χ1n) is 7.42. The maximum Gasteiger partial charge on any atom is 0.260 e. The highest BCUT2D eigenvalue weighted by Gasteiger charge is 2.29. The van der Waals surface area contributed by atoms with Crippen molar-refractivity contribution < 1.29 is 8.42 Å². The Kier molecular flexibility index (Phi) is 4.44. The number of imidazole rings is 1. The molecule has 0 amide bonds. The molecule has 124 valence electrons. The van der Waals surface area contributed by atoms with E-state index in [1.165, 1.54) is 16.8 Å². The van der Waals surface area contributed by atoms with Gasteiger partial charge in [0, 0.05) is 32.7 Å². The first-order valence-corrected chi connectivity index (χ1v) is 8.86. The lowest BCUT2D eigenvalue weighted by Gasteiger charge is -2.34. The molecule has 1 aliphatic heterocycles. The molecule has 2 aromatic rings. The number of piperazine rings is 1. The van der Waals surface area contributed by atoms with Crippen molar-refractivity contribution in [1.29, 1.82) is 0 Å². The molecule has 3 rings (SSSR count). The molecule has 2 aromatic heterocycles. The number of nitrogens with zero attached hydrogens (tertiary/aromatic N) is 5. The van der Waals surface area contributed by atoms with Crippen LogP contribution in [0.4, 0.5) is 11.6 Å². The van der Waals surface area contributed by atoms with Gasteiger partial charge in [0.05, 0.1) is 12.5 Å². The fraction of sp³-hybridized carbons (Fsp3) is 0.462. The predicted octanol–water partition coefficient (Wildman–Crippen LogP) is 0.142. The van der Waals surface area contributed by atoms with Crippen molar-refractivity contribution in [2.24, 2.45) is 0 Å². The van der Waals surface area contributed by atoms with Gasteiger partial charge in [0.1, 0.15) is 5.82 Å². The summed E-state index contributed by atoms with van der Waals surface area (Å²) >= 11 is 0. The second-order valence-electron chi connectivity index (χ2n) is 5.11. The van der Waals surface area contributed by atoms with Gasteiger partial charge in [-0.05, 0) is 19.1 Å². The Morgan fingerprint density at radius 1 is 1.22 bits per heavy atom. The molecule has 1 saturated heterocycles. The van der Waals surface area contributed by atoms with Gasteiger partial charge in [-0.2, -0.15) is 4.31 Å². The van der Waals surface area contributed by atoms with Crippen LogP contribution in [0.5, 0.6) is 0 Å². The van der Waals surface area contributed by atoms with Crippen molar-refractivity contribution in [2.75, 3.05) is 42.9 Å². The number of hydrogen-bond donors (Lipinski definition) is 2. The maximum atomic E-state index is 12.4. The van der Waals surface area contributed by atoms with Gasteiger partial charge < -0.3 is 15.2 Å². The second-order valence-corrected chi connectivity index (χ2v) is 7.02. The number of hydrogen-bond acceptors (Lipinski definition) is 7. The minimum absolute atomic E-state index is 0.126. The Morgan fingerprint density at radius 2 is 2.00 bits per heavy atom. The van der Waals surface area contributed by atoms with Crippen molar-refractivity contribution >= 4 is 21.7 Å². The summed E-state index contributed by atoms with van der Waals surface area (Å²) in [6.07, 6.45) is 2.69. The lowest BCUT2D eigenvalue weighted by Crippen LogP contribution is -2.49. The molecule has 3 heterocycles. The molecule has 23 heavy (non-hydrogen) atoms. The molecule has 10 heteroatoms. The molecule has 0 unspecified atom stereocenters. The highest BCUT2D eigenvalue weighted by molar-refractivity contribution is 7.89. The minimum Gasteiger partial charge on any atom is -0.369 e. The van der Waals surface area contributed by atoms with Crippen LogP contribution in [0.3, 0.4) is 0 Å². The minimum atomic E-state index is -3.50. The molecule has 0 radical (unpaired) electrons. The van der Waals surface area contributed by atoms with Gasteiger partial charge in [-0.1, -0.05) is 0 Å². The highest BCUT2D eigenvalue weighted by Crippen LogP contribution is 2.18. The summed E-state index contributed by atoms with van der Waals surface area (Å²) in [4.78, 5) is 8.45. The fourth-order valence-electron chi connectivity index (χ4n) is 2.45. The standard InChI is InChI=1S/C13H19N7O2S/c1-2-15-11-3-4-12(18-17-11)19-5-7-20(8-6-19)23(21,22)13-9-14-10-16-13/h3-4,9-10H,2,5-8H2,1H3,(H,14,16)(H,15,17). The van der Waals surface area contributed by atoms with E-state index in [0.29, 0.717) is 26.2 Å². The third kappa shape index (κ3) is 3.27. The zero-order valence-corrected chi connectivity index (χ0v) is 13.6. The number of rotatable bonds is 5. The van der Waals surface area contributed by atoms with Crippen molar-refractivity contribution in [3.63, 3.8) is 0 Å². The normalized spacial score (nSPS) is 16.5. The molecule has 0 atom stereocenters. The van der Waals surface area contributed by atoms with E-state index in [4.69, 9.17) is 0 Å². The van der Waals surface area contributed by atoms with Crippen LogP contribution in [0.1, 0.15) is 6.92 Å². The first-order chi connectivity index (χ1) is 11.1. The van der Waals surface area contributed by atoms with E-state index in [1.54, 1.807) is 0 Å². The zero-order chi connectivity index (χ0) is 16.3. The summed E-state index contributed by atoms with van der Waals surface area (Å²) in [5, 5.41) is 11.5. The number of aromatic nitrogens is 4. The lowest BCUT2D eigenvalue weighted by atomic mass is 10.3. The fourth-order valence-corrected chi connectivity index (χ4v) is 3.77. The maximum absolute atomic E-state index is 12.4. The molecular weight excluding hydrogens is 318 g/mol. The molecule has 1 aliphatic rings. The number of nitrogens with one attached hydrogen (secondary N) is 2. The quantitative estimate of drug-likeness (QED) is 0.799. The molecule has 0 aromatic carbocycles. The Morgan fingerprint density at radius 3 is 2.57 bits per heavy atom. The van der Waals surface area contributed by atoms with E-state index < -0.39 is 10.0 Å². The van der Waals surface area contributed by atoms with Gasteiger partial charge in [0.15, 0.2) is 10.8 Å². The Bertz CT molecular complexity index is 722. The van der Waals surface area contributed by atoms with Gasteiger partial charge in [-0.15, -0.1) is 10.2 Å². The Labute approximate surface area is 134 Å². The van der Waals surface area contributed by atoms with Crippen molar-refractivity contribution in [1.82, 2.24) is 24.5 Å². The molecule has 2 N–H and O–H groups in total. The van der Waals surface area contributed by atoms with E-state index in [0.717, 1.165) is 18.2 Å². The largest absolute Gasteiger partial charge is 0.369 e. The van der Waals surface area contributed by atoms with Crippen molar-refractivity contribution in [3.8, 4) is 0 Å². The molecule has 0 aliphatic carbocycles. The summed E-state index contributed by atoms with van der Waals surface area (Å²) in [5.74, 6) is 1.49. The highest BCUT2D eigenvalue weighted by atomic mass is 32.2. The van der Waals surface area contributed by atoms with E-state index in [2.05, 4.69) is 25.5 Å². The summed E-state index contributed by atoms with van der Waals surface area (Å²) in [7, 11) is -3.50. The van der Waals surface area contributed by atoms with Gasteiger partial charge in [0.25, 0.3) is 10.0 Å². The lowest BCUT2D eigenvalue weighted by molar-refractivity contribution is 0.382. The van der Waals surface area contributed by atoms with Gasteiger partial charge >= 0.3 is 0 Å². The summed E-state index contributed by atoms with van der Waals surface area (Å²) in [6.45, 7) is 4.73. The number of aromatic amines is 1. The second kappa shape index (κ2) is 6.50. The van der Waals surface area contributed by atoms with Crippen LogP contribution in [0, 0.1) is 0 Å². The van der Waals surface area contributed by atoms with Crippen LogP contribution in [-0.4, -0.2) is 65.6 Å². The van der Waals surface area contributed by atoms with Gasteiger partial charge in [0.2, 0.25) is 0 Å². The average molecular weight is 337 g/mol. The molecule has 0 bridgehead atoms. The summed E-state index contributed by atoms with van der Waals surface area (Å²) < 4.78 is 26.3. The van der Waals surface area contributed by atoms with Crippen LogP contribution < -0.4 is 10.2 Å². The number of anilines is 2. The third-order valence-corrected chi connectivity index (χ3v) is 5.49. The molecular formula is C13H19N7O2S. The molecule has 1 fully saturated rings. The van der Waals surface area contributed by atoms with Crippen LogP contribution in [0.25, 0.3) is 0 Å². The molecule has 0 saturated carbocycles.